The Morgan fingerprint density at radius 3 is 2.52 bits per heavy atom. The van der Waals surface area contributed by atoms with Crippen molar-refractivity contribution in [1.29, 1.82) is 0 Å². The summed E-state index contributed by atoms with van der Waals surface area (Å²) in [7, 11) is 1.80. The first kappa shape index (κ1) is 16.1. The molecule has 1 saturated carbocycles. The van der Waals surface area contributed by atoms with E-state index in [1.54, 1.807) is 25.2 Å². The van der Waals surface area contributed by atoms with Gasteiger partial charge in [0.15, 0.2) is 13.1 Å². The molecule has 1 unspecified atom stereocenters. The minimum Gasteiger partial charge on any atom is -0.348 e. The second-order valence-corrected chi connectivity index (χ2v) is 6.17. The lowest BCUT2D eigenvalue weighted by atomic mass is 10.3. The van der Waals surface area contributed by atoms with Gasteiger partial charge in [-0.25, -0.2) is 0 Å². The summed E-state index contributed by atoms with van der Waals surface area (Å²) in [4.78, 5) is 24.4. The van der Waals surface area contributed by atoms with E-state index in [0.29, 0.717) is 21.8 Å². The van der Waals surface area contributed by atoms with E-state index in [2.05, 4.69) is 10.6 Å². The zero-order chi connectivity index (χ0) is 15.4. The molecule has 1 fully saturated rings. The number of hydrogen-bond acceptors (Lipinski definition) is 2. The number of rotatable bonds is 6. The lowest BCUT2D eigenvalue weighted by molar-refractivity contribution is -0.862. The fourth-order valence-electron chi connectivity index (χ4n) is 1.90. The average Bonchev–Trinajstić information content (AvgIpc) is 3.16. The lowest BCUT2D eigenvalue weighted by Gasteiger charge is -2.14. The number of quaternary nitrogens is 1. The van der Waals surface area contributed by atoms with E-state index in [1.807, 2.05) is 0 Å². The monoisotopic (exact) mass is 330 g/mol. The molecular weight excluding hydrogens is 313 g/mol. The van der Waals surface area contributed by atoms with Crippen LogP contribution in [0.5, 0.6) is 0 Å². The molecule has 114 valence electrons. The van der Waals surface area contributed by atoms with E-state index in [0.717, 1.165) is 17.7 Å². The normalized spacial score (nSPS) is 15.4. The van der Waals surface area contributed by atoms with Gasteiger partial charge in [-0.1, -0.05) is 23.2 Å². The van der Waals surface area contributed by atoms with Crippen LogP contribution in [0.3, 0.4) is 0 Å². The van der Waals surface area contributed by atoms with E-state index in [4.69, 9.17) is 23.2 Å². The summed E-state index contributed by atoms with van der Waals surface area (Å²) in [6, 6.07) is 5.21. The highest BCUT2D eigenvalue weighted by Crippen LogP contribution is 2.25. The number of carbonyl (C=O) groups is 2. The van der Waals surface area contributed by atoms with Gasteiger partial charge >= 0.3 is 0 Å². The summed E-state index contributed by atoms with van der Waals surface area (Å²) in [6.45, 7) is 0.468. The molecule has 1 aromatic rings. The highest BCUT2D eigenvalue weighted by molar-refractivity contribution is 6.36. The standard InChI is InChI=1S/C14H17Cl2N3O2/c1-19(7-13(20)17-10-3-4-10)8-14(21)18-12-5-2-9(15)6-11(12)16/h2,5-6,10H,3-4,7-8H2,1H3,(H,17,20)(H,18,21)/p+1. The van der Waals surface area contributed by atoms with Crippen LogP contribution in [0.25, 0.3) is 0 Å². The van der Waals surface area contributed by atoms with Crippen molar-refractivity contribution in [3.8, 4) is 0 Å². The summed E-state index contributed by atoms with van der Waals surface area (Å²) in [5.74, 6) is -0.219. The van der Waals surface area contributed by atoms with Gasteiger partial charge in [0.1, 0.15) is 0 Å². The first-order chi connectivity index (χ1) is 9.94. The smallest absolute Gasteiger partial charge is 0.279 e. The average molecular weight is 331 g/mol. The molecule has 0 aliphatic heterocycles. The Morgan fingerprint density at radius 2 is 1.90 bits per heavy atom. The third kappa shape index (κ3) is 5.53. The van der Waals surface area contributed by atoms with Crippen LogP contribution >= 0.6 is 23.2 Å². The molecule has 2 rings (SSSR count). The second-order valence-electron chi connectivity index (χ2n) is 5.32. The summed E-state index contributed by atoms with van der Waals surface area (Å²) in [5.41, 5.74) is 0.515. The van der Waals surface area contributed by atoms with Crippen molar-refractivity contribution in [3.05, 3.63) is 28.2 Å². The number of halogens is 2. The minimum atomic E-state index is -0.198. The van der Waals surface area contributed by atoms with Crippen LogP contribution < -0.4 is 15.5 Å². The molecule has 0 radical (unpaired) electrons. The van der Waals surface area contributed by atoms with Gasteiger partial charge in [-0.15, -0.1) is 0 Å². The fourth-order valence-corrected chi connectivity index (χ4v) is 2.36. The van der Waals surface area contributed by atoms with Gasteiger partial charge in [-0.2, -0.15) is 0 Å². The molecule has 1 aliphatic carbocycles. The van der Waals surface area contributed by atoms with Crippen LogP contribution in [0.15, 0.2) is 18.2 Å². The molecule has 1 atom stereocenters. The van der Waals surface area contributed by atoms with Crippen molar-refractivity contribution in [2.45, 2.75) is 18.9 Å². The molecule has 2 amide bonds. The van der Waals surface area contributed by atoms with Crippen LogP contribution in [0, 0.1) is 0 Å². The molecule has 1 aromatic carbocycles. The minimum absolute atomic E-state index is 0.0210. The molecule has 0 heterocycles. The Morgan fingerprint density at radius 1 is 1.24 bits per heavy atom. The Balaban J connectivity index is 1.78. The van der Waals surface area contributed by atoms with Crippen molar-refractivity contribution < 1.29 is 14.5 Å². The molecule has 21 heavy (non-hydrogen) atoms. The topological polar surface area (TPSA) is 62.6 Å². The highest BCUT2D eigenvalue weighted by Gasteiger charge is 2.24. The van der Waals surface area contributed by atoms with Crippen LogP contribution in [-0.4, -0.2) is 38.0 Å². The number of hydrogen-bond donors (Lipinski definition) is 3. The van der Waals surface area contributed by atoms with Gasteiger partial charge < -0.3 is 15.5 Å². The fraction of sp³-hybridized carbons (Fsp3) is 0.429. The van der Waals surface area contributed by atoms with Gasteiger partial charge in [0.2, 0.25) is 0 Å². The van der Waals surface area contributed by atoms with E-state index in [-0.39, 0.29) is 24.9 Å². The second kappa shape index (κ2) is 7.11. The summed E-state index contributed by atoms with van der Waals surface area (Å²) >= 11 is 11.8. The maximum Gasteiger partial charge on any atom is 0.279 e. The zero-order valence-electron chi connectivity index (χ0n) is 11.7. The van der Waals surface area contributed by atoms with E-state index < -0.39 is 0 Å². The van der Waals surface area contributed by atoms with Gasteiger partial charge in [0.25, 0.3) is 11.8 Å². The van der Waals surface area contributed by atoms with E-state index >= 15 is 0 Å². The van der Waals surface area contributed by atoms with Gasteiger partial charge in [-0.05, 0) is 31.0 Å². The van der Waals surface area contributed by atoms with Crippen LogP contribution in [0.1, 0.15) is 12.8 Å². The molecule has 0 spiro atoms. The van der Waals surface area contributed by atoms with Crippen molar-refractivity contribution in [2.24, 2.45) is 0 Å². The largest absolute Gasteiger partial charge is 0.348 e. The number of carbonyl (C=O) groups excluding carboxylic acids is 2. The molecule has 3 N–H and O–H groups in total. The van der Waals surface area contributed by atoms with Gasteiger partial charge in [0.05, 0.1) is 17.8 Å². The van der Waals surface area contributed by atoms with Crippen LogP contribution in [0.4, 0.5) is 5.69 Å². The van der Waals surface area contributed by atoms with Gasteiger partial charge in [-0.3, -0.25) is 9.59 Å². The molecular formula is C14H18Cl2N3O2+. The third-order valence-electron chi connectivity index (χ3n) is 3.07. The van der Waals surface area contributed by atoms with Crippen LogP contribution in [-0.2, 0) is 9.59 Å². The van der Waals surface area contributed by atoms with Gasteiger partial charge in [0, 0.05) is 11.1 Å². The Labute approximate surface area is 133 Å². The van der Waals surface area contributed by atoms with Crippen molar-refractivity contribution in [2.75, 3.05) is 25.5 Å². The number of nitrogens with one attached hydrogen (secondary N) is 3. The Bertz CT molecular complexity index is 547. The Kier molecular flexibility index (Phi) is 5.45. The third-order valence-corrected chi connectivity index (χ3v) is 3.62. The highest BCUT2D eigenvalue weighted by atomic mass is 35.5. The maximum atomic E-state index is 11.9. The van der Waals surface area contributed by atoms with Crippen LogP contribution in [0.2, 0.25) is 10.0 Å². The molecule has 0 bridgehead atoms. The molecule has 0 aromatic heterocycles. The Hall–Kier alpha value is -1.30. The molecule has 7 heteroatoms. The number of amides is 2. The number of benzene rings is 1. The summed E-state index contributed by atoms with van der Waals surface area (Å²) < 4.78 is 0. The summed E-state index contributed by atoms with van der Waals surface area (Å²) in [5, 5.41) is 6.51. The zero-order valence-corrected chi connectivity index (χ0v) is 13.2. The molecule has 0 saturated heterocycles. The number of likely N-dealkylation sites (N-methyl/N-ethyl adjacent to an activating group) is 1. The lowest BCUT2D eigenvalue weighted by Crippen LogP contribution is -3.11. The van der Waals surface area contributed by atoms with E-state index in [9.17, 15) is 9.59 Å². The number of anilines is 1. The molecule has 5 nitrogen and oxygen atoms in total. The first-order valence-corrected chi connectivity index (χ1v) is 7.55. The van der Waals surface area contributed by atoms with Crippen molar-refractivity contribution in [1.82, 2.24) is 5.32 Å². The first-order valence-electron chi connectivity index (χ1n) is 6.79. The van der Waals surface area contributed by atoms with Crippen molar-refractivity contribution >= 4 is 40.7 Å². The quantitative estimate of drug-likeness (QED) is 0.720. The maximum absolute atomic E-state index is 11.9. The summed E-state index contributed by atoms with van der Waals surface area (Å²) in [6.07, 6.45) is 2.11. The van der Waals surface area contributed by atoms with E-state index in [1.165, 1.54) is 0 Å². The van der Waals surface area contributed by atoms with Crippen molar-refractivity contribution in [3.63, 3.8) is 0 Å². The SMILES string of the molecule is C[NH+](CC(=O)Nc1ccc(Cl)cc1Cl)CC(=O)NC1CC1. The predicted octanol–water partition coefficient (Wildman–Crippen LogP) is 0.725. The predicted molar refractivity (Wildman–Crippen MR) is 82.9 cm³/mol. The molecule has 1 aliphatic rings.